The Morgan fingerprint density at radius 1 is 1.38 bits per heavy atom. The van der Waals surface area contributed by atoms with Gasteiger partial charge < -0.3 is 20.1 Å². The summed E-state index contributed by atoms with van der Waals surface area (Å²) in [5.41, 5.74) is 0.535. The first-order valence-electron chi connectivity index (χ1n) is 6.62. The van der Waals surface area contributed by atoms with Crippen molar-refractivity contribution >= 4 is 5.91 Å². The van der Waals surface area contributed by atoms with Crippen LogP contribution in [-0.4, -0.2) is 37.8 Å². The molecule has 0 aromatic heterocycles. The number of halogens is 2. The maximum Gasteiger partial charge on any atom is 0.387 e. The monoisotopic (exact) mass is 300 g/mol. The molecule has 5 nitrogen and oxygen atoms in total. The summed E-state index contributed by atoms with van der Waals surface area (Å²) in [6, 6.07) is 6.11. The Hall–Kier alpha value is -1.73. The second-order valence-corrected chi connectivity index (χ2v) is 5.14. The van der Waals surface area contributed by atoms with Crippen LogP contribution in [0.3, 0.4) is 0 Å². The third-order valence-electron chi connectivity index (χ3n) is 3.19. The summed E-state index contributed by atoms with van der Waals surface area (Å²) in [6.07, 6.45) is 0. The molecule has 0 aliphatic carbocycles. The minimum atomic E-state index is -2.84. The molecule has 1 heterocycles. The highest BCUT2D eigenvalue weighted by Crippen LogP contribution is 2.15. The van der Waals surface area contributed by atoms with E-state index in [1.807, 2.05) is 6.92 Å². The quantitative estimate of drug-likeness (QED) is 0.796. The average Bonchev–Trinajstić information content (AvgIpc) is 2.41. The van der Waals surface area contributed by atoms with Crippen molar-refractivity contribution < 1.29 is 23.0 Å². The lowest BCUT2D eigenvalue weighted by Crippen LogP contribution is -2.59. The summed E-state index contributed by atoms with van der Waals surface area (Å²) >= 11 is 0. The zero-order valence-electron chi connectivity index (χ0n) is 11.7. The zero-order valence-corrected chi connectivity index (χ0v) is 11.7. The lowest BCUT2D eigenvalue weighted by Gasteiger charge is -2.38. The molecule has 0 atom stereocenters. The smallest absolute Gasteiger partial charge is 0.387 e. The third kappa shape index (κ3) is 4.95. The van der Waals surface area contributed by atoms with Crippen molar-refractivity contribution in [2.75, 3.05) is 19.7 Å². The number of hydrogen-bond acceptors (Lipinski definition) is 4. The topological polar surface area (TPSA) is 59.6 Å². The Kier molecular flexibility index (Phi) is 5.08. The second-order valence-electron chi connectivity index (χ2n) is 5.14. The van der Waals surface area contributed by atoms with E-state index < -0.39 is 6.61 Å². The van der Waals surface area contributed by atoms with Gasteiger partial charge in [0, 0.05) is 19.6 Å². The summed E-state index contributed by atoms with van der Waals surface area (Å²) in [5.74, 6) is -0.121. The summed E-state index contributed by atoms with van der Waals surface area (Å²) in [5, 5.41) is 5.79. The van der Waals surface area contributed by atoms with Crippen LogP contribution in [0.15, 0.2) is 24.3 Å². The van der Waals surface area contributed by atoms with E-state index in [9.17, 15) is 13.6 Å². The van der Waals surface area contributed by atoms with Crippen LogP contribution in [0, 0.1) is 0 Å². The minimum Gasteiger partial charge on any atom is -0.435 e. The molecule has 2 rings (SSSR count). The minimum absolute atomic E-state index is 0.00472. The number of ether oxygens (including phenoxy) is 2. The third-order valence-corrected chi connectivity index (χ3v) is 3.19. The van der Waals surface area contributed by atoms with Gasteiger partial charge in [0.05, 0.1) is 5.60 Å². The normalized spacial score (nSPS) is 16.4. The standard InChI is InChI=1S/C14H18F2N2O3/c1-14(8-17-9-14)20-7-12(19)18-6-10-2-4-11(5-3-10)21-13(15)16/h2-5,13,17H,6-9H2,1H3,(H,18,19). The lowest BCUT2D eigenvalue weighted by molar-refractivity contribution is -0.136. The summed E-state index contributed by atoms with van der Waals surface area (Å²) < 4.78 is 33.7. The SMILES string of the molecule is CC1(OCC(=O)NCc2ccc(OC(F)F)cc2)CNC1. The van der Waals surface area contributed by atoms with Crippen molar-refractivity contribution in [1.29, 1.82) is 0 Å². The lowest BCUT2D eigenvalue weighted by atomic mass is 10.0. The molecule has 1 aliphatic rings. The van der Waals surface area contributed by atoms with Crippen molar-refractivity contribution in [3.8, 4) is 5.75 Å². The number of benzene rings is 1. The van der Waals surface area contributed by atoms with Gasteiger partial charge in [-0.2, -0.15) is 8.78 Å². The number of rotatable bonds is 7. The number of carbonyl (C=O) groups is 1. The van der Waals surface area contributed by atoms with Gasteiger partial charge >= 0.3 is 6.61 Å². The molecule has 1 amide bonds. The molecule has 1 aliphatic heterocycles. The Morgan fingerprint density at radius 2 is 2.05 bits per heavy atom. The van der Waals surface area contributed by atoms with E-state index in [0.29, 0.717) is 6.54 Å². The van der Waals surface area contributed by atoms with Crippen LogP contribution >= 0.6 is 0 Å². The van der Waals surface area contributed by atoms with E-state index in [0.717, 1.165) is 18.7 Å². The van der Waals surface area contributed by atoms with E-state index >= 15 is 0 Å². The molecule has 0 saturated carbocycles. The molecule has 1 aromatic rings. The molecule has 0 spiro atoms. The van der Waals surface area contributed by atoms with Crippen LogP contribution in [0.1, 0.15) is 12.5 Å². The maximum absolute atomic E-state index is 12.0. The van der Waals surface area contributed by atoms with Gasteiger partial charge in [-0.1, -0.05) is 12.1 Å². The fourth-order valence-corrected chi connectivity index (χ4v) is 1.86. The van der Waals surface area contributed by atoms with E-state index in [1.165, 1.54) is 12.1 Å². The maximum atomic E-state index is 12.0. The predicted molar refractivity (Wildman–Crippen MR) is 72.1 cm³/mol. The Bertz CT molecular complexity index is 476. The fraction of sp³-hybridized carbons (Fsp3) is 0.500. The van der Waals surface area contributed by atoms with Crippen LogP contribution < -0.4 is 15.4 Å². The first-order valence-corrected chi connectivity index (χ1v) is 6.62. The van der Waals surface area contributed by atoms with Gasteiger partial charge in [0.15, 0.2) is 0 Å². The van der Waals surface area contributed by atoms with Gasteiger partial charge in [0.1, 0.15) is 12.4 Å². The van der Waals surface area contributed by atoms with Crippen LogP contribution in [0.4, 0.5) is 8.78 Å². The van der Waals surface area contributed by atoms with Crippen molar-refractivity contribution in [1.82, 2.24) is 10.6 Å². The molecule has 116 valence electrons. The molecule has 2 N–H and O–H groups in total. The zero-order chi connectivity index (χ0) is 15.3. The fourth-order valence-electron chi connectivity index (χ4n) is 1.86. The van der Waals surface area contributed by atoms with Crippen LogP contribution in [0.2, 0.25) is 0 Å². The Morgan fingerprint density at radius 3 is 2.57 bits per heavy atom. The summed E-state index contributed by atoms with van der Waals surface area (Å²) in [7, 11) is 0. The molecule has 21 heavy (non-hydrogen) atoms. The Balaban J connectivity index is 1.70. The second kappa shape index (κ2) is 6.82. The number of hydrogen-bond donors (Lipinski definition) is 2. The highest BCUT2D eigenvalue weighted by atomic mass is 19.3. The summed E-state index contributed by atoms with van der Waals surface area (Å²) in [4.78, 5) is 11.6. The van der Waals surface area contributed by atoms with Crippen molar-refractivity contribution in [3.05, 3.63) is 29.8 Å². The van der Waals surface area contributed by atoms with E-state index in [4.69, 9.17) is 4.74 Å². The number of carbonyl (C=O) groups excluding carboxylic acids is 1. The van der Waals surface area contributed by atoms with Crippen LogP contribution in [0.5, 0.6) is 5.75 Å². The summed E-state index contributed by atoms with van der Waals surface area (Å²) in [6.45, 7) is 0.905. The largest absolute Gasteiger partial charge is 0.435 e. The molecule has 1 aromatic carbocycles. The number of amides is 1. The van der Waals surface area contributed by atoms with E-state index in [2.05, 4.69) is 15.4 Å². The van der Waals surface area contributed by atoms with Gasteiger partial charge in [-0.3, -0.25) is 4.79 Å². The molecule has 7 heteroatoms. The molecule has 0 radical (unpaired) electrons. The van der Waals surface area contributed by atoms with Gasteiger partial charge in [-0.05, 0) is 24.6 Å². The number of nitrogens with one attached hydrogen (secondary N) is 2. The van der Waals surface area contributed by atoms with Crippen molar-refractivity contribution in [3.63, 3.8) is 0 Å². The van der Waals surface area contributed by atoms with E-state index in [1.54, 1.807) is 12.1 Å². The molecular weight excluding hydrogens is 282 g/mol. The molecule has 1 saturated heterocycles. The van der Waals surface area contributed by atoms with Gasteiger partial charge in [-0.15, -0.1) is 0 Å². The van der Waals surface area contributed by atoms with Crippen molar-refractivity contribution in [2.24, 2.45) is 0 Å². The van der Waals surface area contributed by atoms with Gasteiger partial charge in [-0.25, -0.2) is 0 Å². The van der Waals surface area contributed by atoms with Gasteiger partial charge in [0.2, 0.25) is 5.91 Å². The highest BCUT2D eigenvalue weighted by molar-refractivity contribution is 5.77. The highest BCUT2D eigenvalue weighted by Gasteiger charge is 2.32. The predicted octanol–water partition coefficient (Wildman–Crippen LogP) is 1.28. The molecule has 1 fully saturated rings. The first kappa shape index (κ1) is 15.7. The molecule has 0 unspecified atom stereocenters. The average molecular weight is 300 g/mol. The van der Waals surface area contributed by atoms with E-state index in [-0.39, 0.29) is 23.9 Å². The first-order chi connectivity index (χ1) is 9.97. The van der Waals surface area contributed by atoms with Gasteiger partial charge in [0.25, 0.3) is 0 Å². The van der Waals surface area contributed by atoms with Crippen molar-refractivity contribution in [2.45, 2.75) is 25.7 Å². The van der Waals surface area contributed by atoms with Crippen LogP contribution in [0.25, 0.3) is 0 Å². The Labute approximate surface area is 121 Å². The van der Waals surface area contributed by atoms with Crippen LogP contribution in [-0.2, 0) is 16.1 Å². The number of alkyl halides is 2. The molecule has 0 bridgehead atoms. The molecular formula is C14H18F2N2O3.